The molecule has 2 heterocycles. The van der Waals surface area contributed by atoms with E-state index in [-0.39, 0.29) is 0 Å². The minimum Gasteiger partial charge on any atom is -0.456 e. The molecule has 2 aromatic heterocycles. The van der Waals surface area contributed by atoms with Crippen molar-refractivity contribution in [2.75, 3.05) is 0 Å². The smallest absolute Gasteiger partial charge is 0.164 e. The zero-order valence-electron chi connectivity index (χ0n) is 28.6. The second-order valence-electron chi connectivity index (χ2n) is 13.3. The summed E-state index contributed by atoms with van der Waals surface area (Å²) in [6, 6.07) is 65.2. The van der Waals surface area contributed by atoms with Crippen molar-refractivity contribution in [2.24, 2.45) is 0 Å². The quantitative estimate of drug-likeness (QED) is 0.176. The summed E-state index contributed by atoms with van der Waals surface area (Å²) in [5.74, 6) is 1.80. The molecule has 4 heteroatoms. The molecule has 0 bridgehead atoms. The van der Waals surface area contributed by atoms with Crippen molar-refractivity contribution in [3.8, 4) is 67.5 Å². The molecule has 0 aliphatic carbocycles. The highest BCUT2D eigenvalue weighted by Gasteiger charge is 2.17. The van der Waals surface area contributed by atoms with E-state index in [9.17, 15) is 0 Å². The van der Waals surface area contributed by atoms with E-state index in [0.29, 0.717) is 17.5 Å². The van der Waals surface area contributed by atoms with Crippen molar-refractivity contribution in [2.45, 2.75) is 0 Å². The fourth-order valence-corrected chi connectivity index (χ4v) is 7.26. The Hall–Kier alpha value is -7.17. The average Bonchev–Trinajstić information content (AvgIpc) is 3.61. The predicted octanol–water partition coefficient (Wildman–Crippen LogP) is 12.9. The van der Waals surface area contributed by atoms with Gasteiger partial charge in [0.2, 0.25) is 0 Å². The summed E-state index contributed by atoms with van der Waals surface area (Å²) in [6.07, 6.45) is 0. The van der Waals surface area contributed by atoms with Crippen LogP contribution in [0.2, 0.25) is 0 Å². The average molecular weight is 678 g/mol. The largest absolute Gasteiger partial charge is 0.456 e. The van der Waals surface area contributed by atoms with Crippen LogP contribution < -0.4 is 0 Å². The van der Waals surface area contributed by atoms with Gasteiger partial charge in [0.25, 0.3) is 0 Å². The predicted molar refractivity (Wildman–Crippen MR) is 217 cm³/mol. The van der Waals surface area contributed by atoms with Crippen molar-refractivity contribution in [1.29, 1.82) is 0 Å². The first-order valence-corrected chi connectivity index (χ1v) is 17.8. The molecule has 0 aliphatic heterocycles. The maximum Gasteiger partial charge on any atom is 0.164 e. The van der Waals surface area contributed by atoms with Crippen LogP contribution >= 0.6 is 0 Å². The van der Waals surface area contributed by atoms with Crippen LogP contribution in [0.15, 0.2) is 192 Å². The first-order valence-electron chi connectivity index (χ1n) is 17.8. The molecule has 0 atom stereocenters. The highest BCUT2D eigenvalue weighted by atomic mass is 16.3. The molecule has 0 saturated heterocycles. The summed E-state index contributed by atoms with van der Waals surface area (Å²) in [6.45, 7) is 0. The van der Waals surface area contributed by atoms with Gasteiger partial charge in [0.15, 0.2) is 17.5 Å². The number of furan rings is 1. The fourth-order valence-electron chi connectivity index (χ4n) is 7.26. The summed E-state index contributed by atoms with van der Waals surface area (Å²) in [7, 11) is 0. The minimum absolute atomic E-state index is 0.582. The molecule has 0 amide bonds. The van der Waals surface area contributed by atoms with E-state index in [4.69, 9.17) is 19.4 Å². The molecule has 0 aliphatic rings. The van der Waals surface area contributed by atoms with Gasteiger partial charge in [-0.2, -0.15) is 0 Å². The standard InChI is InChI=1S/C49H31N3O/c1-4-13-32(14-5-1)38-27-39(33-15-6-2-7-16-33)29-40(28-38)49-51-47(35-18-8-3-9-19-35)50-48(52-49)37-24-26-44-43-25-23-36(30-45(43)53-46(44)31-37)42-22-12-20-34-17-10-11-21-41(34)42/h1-31H. The Morgan fingerprint density at radius 1 is 0.283 bits per heavy atom. The number of hydrogen-bond donors (Lipinski definition) is 0. The first kappa shape index (κ1) is 30.6. The topological polar surface area (TPSA) is 51.8 Å². The minimum atomic E-state index is 0.582. The Morgan fingerprint density at radius 3 is 1.40 bits per heavy atom. The Morgan fingerprint density at radius 2 is 0.755 bits per heavy atom. The van der Waals surface area contributed by atoms with Crippen LogP contribution in [0.4, 0.5) is 0 Å². The normalized spacial score (nSPS) is 11.4. The third-order valence-electron chi connectivity index (χ3n) is 9.91. The number of nitrogens with zero attached hydrogens (tertiary/aromatic N) is 3. The van der Waals surface area contributed by atoms with Crippen LogP contribution in [0.25, 0.3) is 100 Å². The van der Waals surface area contributed by atoms with Crippen LogP contribution in [0.5, 0.6) is 0 Å². The first-order chi connectivity index (χ1) is 26.2. The molecule has 10 aromatic rings. The Bertz CT molecular complexity index is 2870. The highest BCUT2D eigenvalue weighted by Crippen LogP contribution is 2.37. The zero-order chi connectivity index (χ0) is 35.1. The molecule has 0 spiro atoms. The monoisotopic (exact) mass is 677 g/mol. The Kier molecular flexibility index (Phi) is 7.43. The lowest BCUT2D eigenvalue weighted by Gasteiger charge is -2.12. The number of aromatic nitrogens is 3. The lowest BCUT2D eigenvalue weighted by molar-refractivity contribution is 0.669. The molecule has 0 N–H and O–H groups in total. The van der Waals surface area contributed by atoms with Gasteiger partial charge in [0.05, 0.1) is 0 Å². The third kappa shape index (κ3) is 5.73. The fraction of sp³-hybridized carbons (Fsp3) is 0. The number of rotatable bonds is 6. The molecule has 0 unspecified atom stereocenters. The molecule has 10 rings (SSSR count). The van der Waals surface area contributed by atoms with Gasteiger partial charge >= 0.3 is 0 Å². The second-order valence-corrected chi connectivity index (χ2v) is 13.3. The lowest BCUT2D eigenvalue weighted by Crippen LogP contribution is -2.00. The molecule has 0 fully saturated rings. The van der Waals surface area contributed by atoms with E-state index >= 15 is 0 Å². The van der Waals surface area contributed by atoms with E-state index in [1.807, 2.05) is 42.5 Å². The summed E-state index contributed by atoms with van der Waals surface area (Å²) < 4.78 is 6.58. The molecule has 0 radical (unpaired) electrons. The van der Waals surface area contributed by atoms with E-state index in [1.54, 1.807) is 0 Å². The molecule has 4 nitrogen and oxygen atoms in total. The summed E-state index contributed by atoms with van der Waals surface area (Å²) in [4.78, 5) is 15.3. The molecule has 8 aromatic carbocycles. The Labute approximate surface area is 306 Å². The van der Waals surface area contributed by atoms with Gasteiger partial charge in [-0.1, -0.05) is 146 Å². The maximum absolute atomic E-state index is 6.58. The number of benzene rings is 8. The van der Waals surface area contributed by atoms with Crippen molar-refractivity contribution in [3.05, 3.63) is 188 Å². The molecular weight excluding hydrogens is 647 g/mol. The van der Waals surface area contributed by atoms with Gasteiger partial charge in [-0.15, -0.1) is 0 Å². The van der Waals surface area contributed by atoms with Gasteiger partial charge in [0.1, 0.15) is 11.2 Å². The van der Waals surface area contributed by atoms with Crippen molar-refractivity contribution >= 4 is 32.7 Å². The lowest BCUT2D eigenvalue weighted by atomic mass is 9.96. The Balaban J connectivity index is 1.12. The van der Waals surface area contributed by atoms with E-state index in [0.717, 1.165) is 66.4 Å². The van der Waals surface area contributed by atoms with Gasteiger partial charge < -0.3 is 4.42 Å². The van der Waals surface area contributed by atoms with Crippen molar-refractivity contribution in [3.63, 3.8) is 0 Å². The van der Waals surface area contributed by atoms with E-state index in [2.05, 4.69) is 146 Å². The maximum atomic E-state index is 6.58. The van der Waals surface area contributed by atoms with Crippen molar-refractivity contribution < 1.29 is 4.42 Å². The number of fused-ring (bicyclic) bond motifs is 4. The summed E-state index contributed by atoms with van der Waals surface area (Å²) in [5.41, 5.74) is 11.1. The summed E-state index contributed by atoms with van der Waals surface area (Å²) >= 11 is 0. The highest BCUT2D eigenvalue weighted by molar-refractivity contribution is 6.08. The molecule has 53 heavy (non-hydrogen) atoms. The van der Waals surface area contributed by atoms with Crippen LogP contribution in [-0.4, -0.2) is 15.0 Å². The van der Waals surface area contributed by atoms with Crippen LogP contribution in [0, 0.1) is 0 Å². The molecular formula is C49H31N3O. The molecule has 0 saturated carbocycles. The number of hydrogen-bond acceptors (Lipinski definition) is 4. The molecule has 248 valence electrons. The van der Waals surface area contributed by atoms with Crippen LogP contribution in [0.1, 0.15) is 0 Å². The van der Waals surface area contributed by atoms with Gasteiger partial charge in [0, 0.05) is 27.5 Å². The van der Waals surface area contributed by atoms with Crippen molar-refractivity contribution in [1.82, 2.24) is 15.0 Å². The zero-order valence-corrected chi connectivity index (χ0v) is 28.6. The van der Waals surface area contributed by atoms with Crippen LogP contribution in [0.3, 0.4) is 0 Å². The second kappa shape index (κ2) is 12.9. The van der Waals surface area contributed by atoms with Gasteiger partial charge in [-0.3, -0.25) is 0 Å². The summed E-state index contributed by atoms with van der Waals surface area (Å²) in [5, 5.41) is 4.56. The van der Waals surface area contributed by atoms with E-state index in [1.165, 1.54) is 16.3 Å². The van der Waals surface area contributed by atoms with Crippen LogP contribution in [-0.2, 0) is 0 Å². The SMILES string of the molecule is c1ccc(-c2cc(-c3ccccc3)cc(-c3nc(-c4ccccc4)nc(-c4ccc5c(c4)oc4cc(-c6cccc7ccccc67)ccc45)n3)c2)cc1. The van der Waals surface area contributed by atoms with Gasteiger partial charge in [-0.05, 0) is 86.6 Å². The van der Waals surface area contributed by atoms with E-state index < -0.39 is 0 Å². The van der Waals surface area contributed by atoms with Gasteiger partial charge in [-0.25, -0.2) is 15.0 Å². The third-order valence-corrected chi connectivity index (χ3v) is 9.91.